The number of aromatic hydroxyl groups is 1. The zero-order valence-electron chi connectivity index (χ0n) is 29.7. The van der Waals surface area contributed by atoms with E-state index in [1.165, 1.54) is 32.4 Å². The Kier molecular flexibility index (Phi) is 11.2. The second kappa shape index (κ2) is 14.0. The molecule has 2 bridgehead atoms. The molecule has 1 fully saturated rings. The van der Waals surface area contributed by atoms with Gasteiger partial charge in [-0.2, -0.15) is 0 Å². The van der Waals surface area contributed by atoms with E-state index in [0.29, 0.717) is 19.3 Å². The zero-order valence-corrected chi connectivity index (χ0v) is 29.7. The lowest BCUT2D eigenvalue weighted by molar-refractivity contribution is -0.173. The quantitative estimate of drug-likeness (QED) is 0.0954. The van der Waals surface area contributed by atoms with Crippen LogP contribution >= 0.6 is 0 Å². The van der Waals surface area contributed by atoms with Crippen molar-refractivity contribution < 1.29 is 29.0 Å². The van der Waals surface area contributed by atoms with E-state index in [-0.39, 0.29) is 52.4 Å². The Morgan fingerprint density at radius 3 is 2.15 bits per heavy atom. The van der Waals surface area contributed by atoms with Crippen molar-refractivity contribution in [1.29, 1.82) is 0 Å². The zero-order chi connectivity index (χ0) is 34.8. The Morgan fingerprint density at radius 1 is 1.02 bits per heavy atom. The molecule has 0 radical (unpaired) electrons. The van der Waals surface area contributed by atoms with Gasteiger partial charge >= 0.3 is 0 Å². The molecule has 46 heavy (non-hydrogen) atoms. The number of phenols is 1. The summed E-state index contributed by atoms with van der Waals surface area (Å²) in [4.78, 5) is 45.3. The first-order chi connectivity index (χ1) is 21.4. The normalized spacial score (nSPS) is 24.2. The summed E-state index contributed by atoms with van der Waals surface area (Å²) in [5.74, 6) is -1.27. The third kappa shape index (κ3) is 6.45. The average Bonchev–Trinajstić information content (AvgIpc) is 2.97. The van der Waals surface area contributed by atoms with E-state index in [1.54, 1.807) is 0 Å². The second-order valence-corrected chi connectivity index (χ2v) is 14.6. The van der Waals surface area contributed by atoms with Crippen molar-refractivity contribution in [2.24, 2.45) is 28.1 Å². The van der Waals surface area contributed by atoms with Gasteiger partial charge in [-0.1, -0.05) is 54.9 Å². The van der Waals surface area contributed by atoms with E-state index in [2.05, 4.69) is 33.1 Å². The molecule has 0 spiro atoms. The number of phenolic OH excluding ortho intramolecular Hbond substituents is 1. The molecule has 4 atom stereocenters. The number of benzene rings is 1. The monoisotopic (exact) mass is 630 g/mol. The van der Waals surface area contributed by atoms with Crippen LogP contribution in [0.1, 0.15) is 104 Å². The number of Topliss-reactive ketones (excluding diaryl/α,β-unsaturated/α-hetero) is 3. The van der Waals surface area contributed by atoms with Crippen LogP contribution in [0.25, 0.3) is 0 Å². The number of ether oxygens (including phenoxy) is 2. The van der Waals surface area contributed by atoms with Gasteiger partial charge in [0.05, 0.1) is 19.6 Å². The number of carbonyl (C=O) groups is 3. The van der Waals surface area contributed by atoms with Gasteiger partial charge in [-0.3, -0.25) is 14.4 Å². The minimum atomic E-state index is -1.52. The largest absolute Gasteiger partial charge is 0.504 e. The van der Waals surface area contributed by atoms with E-state index < -0.39 is 27.8 Å². The van der Waals surface area contributed by atoms with Crippen LogP contribution in [-0.4, -0.2) is 36.7 Å². The maximum Gasteiger partial charge on any atom is 0.200 e. The van der Waals surface area contributed by atoms with E-state index in [0.717, 1.165) is 35.1 Å². The topological polar surface area (TPSA) is 89.9 Å². The van der Waals surface area contributed by atoms with Crippen LogP contribution in [-0.2, 0) is 14.3 Å². The van der Waals surface area contributed by atoms with Crippen molar-refractivity contribution >= 4 is 17.3 Å². The molecule has 6 nitrogen and oxygen atoms in total. The summed E-state index contributed by atoms with van der Waals surface area (Å²) in [5, 5.41) is 10.6. The fourth-order valence-electron chi connectivity index (χ4n) is 7.64. The van der Waals surface area contributed by atoms with E-state index in [4.69, 9.17) is 9.47 Å². The molecule has 2 aliphatic rings. The first-order valence-electron chi connectivity index (χ1n) is 16.3. The van der Waals surface area contributed by atoms with E-state index >= 15 is 9.59 Å². The lowest BCUT2D eigenvalue weighted by Gasteiger charge is -2.61. The lowest BCUT2D eigenvalue weighted by atomic mass is 9.39. The molecule has 0 aromatic heterocycles. The first-order valence-corrected chi connectivity index (χ1v) is 16.3. The van der Waals surface area contributed by atoms with Crippen LogP contribution in [0.4, 0.5) is 0 Å². The summed E-state index contributed by atoms with van der Waals surface area (Å²) in [6.45, 7) is 24.4. The van der Waals surface area contributed by atoms with Crippen molar-refractivity contribution in [3.05, 3.63) is 82.7 Å². The van der Waals surface area contributed by atoms with Gasteiger partial charge < -0.3 is 14.6 Å². The Labute approximate surface area is 276 Å². The van der Waals surface area contributed by atoms with Gasteiger partial charge in [-0.05, 0) is 116 Å². The molecule has 0 amide bonds. The van der Waals surface area contributed by atoms with Crippen molar-refractivity contribution in [1.82, 2.24) is 0 Å². The highest BCUT2D eigenvalue weighted by Gasteiger charge is 2.72. The molecule has 3 rings (SSSR count). The van der Waals surface area contributed by atoms with Crippen molar-refractivity contribution in [2.45, 2.75) is 93.9 Å². The van der Waals surface area contributed by atoms with Crippen LogP contribution in [0.5, 0.6) is 11.5 Å². The molecular weight excluding hydrogens is 576 g/mol. The molecule has 0 unspecified atom stereocenters. The second-order valence-electron chi connectivity index (χ2n) is 14.6. The molecule has 1 aromatic carbocycles. The smallest absolute Gasteiger partial charge is 0.200 e. The van der Waals surface area contributed by atoms with Gasteiger partial charge in [0.2, 0.25) is 0 Å². The predicted molar refractivity (Wildman–Crippen MR) is 185 cm³/mol. The summed E-state index contributed by atoms with van der Waals surface area (Å²) in [7, 11) is 2.88. The Balaban J connectivity index is 2.49. The lowest BCUT2D eigenvalue weighted by Crippen LogP contribution is -2.67. The van der Waals surface area contributed by atoms with Gasteiger partial charge in [0.25, 0.3) is 0 Å². The summed E-state index contributed by atoms with van der Waals surface area (Å²) >= 11 is 0. The number of rotatable bonds is 14. The molecule has 1 aromatic rings. The molecule has 2 aliphatic carbocycles. The minimum absolute atomic E-state index is 0.0617. The van der Waals surface area contributed by atoms with Gasteiger partial charge in [-0.25, -0.2) is 0 Å². The molecule has 1 N–H and O–H groups in total. The molecule has 0 saturated heterocycles. The number of fused-ring (bicyclic) bond motifs is 2. The molecule has 1 saturated carbocycles. The molecule has 0 heterocycles. The van der Waals surface area contributed by atoms with Crippen molar-refractivity contribution in [2.75, 3.05) is 14.2 Å². The number of carbonyl (C=O) groups excluding carboxylic acids is 3. The van der Waals surface area contributed by atoms with Gasteiger partial charge in [0.15, 0.2) is 28.8 Å². The van der Waals surface area contributed by atoms with Crippen LogP contribution in [0.3, 0.4) is 0 Å². The third-order valence-electron chi connectivity index (χ3n) is 10.5. The van der Waals surface area contributed by atoms with Crippen molar-refractivity contribution in [3.8, 4) is 11.5 Å². The first kappa shape index (κ1) is 36.8. The summed E-state index contributed by atoms with van der Waals surface area (Å²) < 4.78 is 11.3. The maximum absolute atomic E-state index is 15.5. The highest BCUT2D eigenvalue weighted by Crippen LogP contribution is 2.67. The molecular formula is C40H54O6. The Bertz CT molecular complexity index is 1510. The Morgan fingerprint density at radius 2 is 1.65 bits per heavy atom. The number of hydrogen-bond acceptors (Lipinski definition) is 6. The van der Waals surface area contributed by atoms with Crippen LogP contribution < -0.4 is 4.74 Å². The Hall–Kier alpha value is -3.67. The van der Waals surface area contributed by atoms with Gasteiger partial charge in [-0.15, -0.1) is 6.58 Å². The average molecular weight is 631 g/mol. The maximum atomic E-state index is 15.5. The summed E-state index contributed by atoms with van der Waals surface area (Å²) in [5.41, 5.74) is 0.571. The highest BCUT2D eigenvalue weighted by molar-refractivity contribution is 6.35. The molecule has 6 heteroatoms. The van der Waals surface area contributed by atoms with Crippen LogP contribution in [0.2, 0.25) is 0 Å². The van der Waals surface area contributed by atoms with Crippen molar-refractivity contribution in [3.63, 3.8) is 0 Å². The minimum Gasteiger partial charge on any atom is -0.504 e. The molecule has 250 valence electrons. The summed E-state index contributed by atoms with van der Waals surface area (Å²) in [6.07, 6.45) is 7.31. The molecule has 0 aliphatic heterocycles. The predicted octanol–water partition coefficient (Wildman–Crippen LogP) is 9.31. The van der Waals surface area contributed by atoms with Gasteiger partial charge in [0, 0.05) is 5.56 Å². The standard InChI is InChI=1S/C40H54O6/c1-24(2)13-15-29(27(7)8)22-39-23-30(17-14-25(3)4)38(9,10)40(37(39)44,20-19-26(5)6)35(43)33(36(39)46-12)34(42)28-16-18-32(45-11)31(41)21-28/h14,16,18-19,21,29-30,41H,1,7,13,15,17,20,22-23H2,2-6,8-12H3/t29-,30-,39+,40-/m1/s1. The number of hydrogen-bond donors (Lipinski definition) is 1. The van der Waals surface area contributed by atoms with E-state index in [9.17, 15) is 9.90 Å². The fraction of sp³-hybridized carbons (Fsp3) is 0.525. The highest BCUT2D eigenvalue weighted by atomic mass is 16.5. The van der Waals surface area contributed by atoms with Crippen LogP contribution in [0.15, 0.2) is 77.1 Å². The SMILES string of the molecule is C=C(C)CC[C@H](C[C@]12C[C@@H](CC=C(C)C)C(C)(C)[C@](CC=C(C)C)(C(=O)C(C(=O)c3ccc(OC)c(O)c3)=C1OC)C2=O)C(=C)C. The van der Waals surface area contributed by atoms with Crippen LogP contribution in [0, 0.1) is 28.1 Å². The van der Waals surface area contributed by atoms with E-state index in [1.807, 2.05) is 47.6 Å². The number of ketones is 3. The third-order valence-corrected chi connectivity index (χ3v) is 10.5. The number of methoxy groups -OCH3 is 2. The number of allylic oxidation sites excluding steroid dienone is 8. The fourth-order valence-corrected chi connectivity index (χ4v) is 7.64. The van der Waals surface area contributed by atoms with Gasteiger partial charge in [0.1, 0.15) is 16.7 Å². The summed E-state index contributed by atoms with van der Waals surface area (Å²) in [6, 6.07) is 4.34.